The molecule has 0 saturated heterocycles. The lowest BCUT2D eigenvalue weighted by Gasteiger charge is -2.16. The Morgan fingerprint density at radius 3 is 2.61 bits per heavy atom. The van der Waals surface area contributed by atoms with Gasteiger partial charge in [0.25, 0.3) is 5.56 Å². The maximum atomic E-state index is 12.4. The van der Waals surface area contributed by atoms with E-state index in [0.29, 0.717) is 34.7 Å². The van der Waals surface area contributed by atoms with E-state index in [1.165, 1.54) is 0 Å². The molecule has 0 aliphatic heterocycles. The van der Waals surface area contributed by atoms with Crippen LogP contribution in [0.15, 0.2) is 29.1 Å². The van der Waals surface area contributed by atoms with E-state index in [-0.39, 0.29) is 12.1 Å². The standard InChI is InChI=1S/C17H18ClN3O2/c1-3-11-13(9-19)17(23)21(20-15(11)4-2)10-16(22)12-7-5-6-8-14(12)18/h5-8,16,22H,3-4,10H2,1-2H3/t16-/m1/s1. The van der Waals surface area contributed by atoms with Crippen LogP contribution in [-0.2, 0) is 19.4 Å². The zero-order valence-corrected chi connectivity index (χ0v) is 13.8. The summed E-state index contributed by atoms with van der Waals surface area (Å²) < 4.78 is 1.16. The average molecular weight is 332 g/mol. The second-order valence-electron chi connectivity index (χ2n) is 5.14. The van der Waals surface area contributed by atoms with Crippen LogP contribution in [0.4, 0.5) is 0 Å². The number of nitriles is 1. The number of aromatic nitrogens is 2. The average Bonchev–Trinajstić information content (AvgIpc) is 2.56. The van der Waals surface area contributed by atoms with Crippen molar-refractivity contribution in [1.82, 2.24) is 9.78 Å². The first-order chi connectivity index (χ1) is 11.0. The Hall–Kier alpha value is -2.16. The van der Waals surface area contributed by atoms with Gasteiger partial charge in [-0.25, -0.2) is 4.68 Å². The van der Waals surface area contributed by atoms with Gasteiger partial charge in [-0.1, -0.05) is 43.6 Å². The number of aryl methyl sites for hydroxylation is 1. The summed E-state index contributed by atoms with van der Waals surface area (Å²) in [6.45, 7) is 3.76. The number of aliphatic hydroxyl groups excluding tert-OH is 1. The fourth-order valence-electron chi connectivity index (χ4n) is 2.57. The molecule has 0 saturated carbocycles. The molecule has 1 heterocycles. The first kappa shape index (κ1) is 17.2. The quantitative estimate of drug-likeness (QED) is 0.913. The fourth-order valence-corrected chi connectivity index (χ4v) is 2.83. The highest BCUT2D eigenvalue weighted by Gasteiger charge is 2.18. The molecule has 5 nitrogen and oxygen atoms in total. The van der Waals surface area contributed by atoms with Crippen molar-refractivity contribution < 1.29 is 5.11 Å². The second-order valence-corrected chi connectivity index (χ2v) is 5.55. The topological polar surface area (TPSA) is 78.9 Å². The van der Waals surface area contributed by atoms with Crippen molar-refractivity contribution in [2.45, 2.75) is 39.3 Å². The van der Waals surface area contributed by atoms with Gasteiger partial charge in [0.15, 0.2) is 0 Å². The number of nitrogens with zero attached hydrogens (tertiary/aromatic N) is 3. The van der Waals surface area contributed by atoms with Crippen LogP contribution in [0.3, 0.4) is 0 Å². The van der Waals surface area contributed by atoms with Crippen molar-refractivity contribution in [3.8, 4) is 6.07 Å². The summed E-state index contributed by atoms with van der Waals surface area (Å²) in [6, 6.07) is 8.88. The minimum atomic E-state index is -0.974. The van der Waals surface area contributed by atoms with Crippen LogP contribution < -0.4 is 5.56 Å². The largest absolute Gasteiger partial charge is 0.386 e. The van der Waals surface area contributed by atoms with Crippen molar-refractivity contribution in [2.24, 2.45) is 0 Å². The summed E-state index contributed by atoms with van der Waals surface area (Å²) in [7, 11) is 0. The van der Waals surface area contributed by atoms with E-state index in [0.717, 1.165) is 4.68 Å². The Balaban J connectivity index is 2.47. The third-order valence-corrected chi connectivity index (χ3v) is 4.09. The summed E-state index contributed by atoms with van der Waals surface area (Å²) in [5, 5.41) is 24.4. The SMILES string of the molecule is CCc1nn(C[C@@H](O)c2ccccc2Cl)c(=O)c(C#N)c1CC. The smallest absolute Gasteiger partial charge is 0.285 e. The van der Waals surface area contributed by atoms with Gasteiger partial charge in [0, 0.05) is 10.6 Å². The van der Waals surface area contributed by atoms with Crippen molar-refractivity contribution in [3.05, 3.63) is 62.0 Å². The van der Waals surface area contributed by atoms with Crippen molar-refractivity contribution in [2.75, 3.05) is 0 Å². The predicted molar refractivity (Wildman–Crippen MR) is 88.4 cm³/mol. The number of aliphatic hydroxyl groups is 1. The van der Waals surface area contributed by atoms with E-state index in [1.807, 2.05) is 19.9 Å². The molecule has 0 spiro atoms. The number of hydrogen-bond acceptors (Lipinski definition) is 4. The summed E-state index contributed by atoms with van der Waals surface area (Å²) >= 11 is 6.07. The van der Waals surface area contributed by atoms with Crippen LogP contribution in [0.2, 0.25) is 5.02 Å². The fraction of sp³-hybridized carbons (Fsp3) is 0.353. The van der Waals surface area contributed by atoms with Crippen molar-refractivity contribution >= 4 is 11.6 Å². The Bertz CT molecular complexity index is 808. The molecule has 0 aliphatic carbocycles. The van der Waals surface area contributed by atoms with Gasteiger partial charge in [-0.15, -0.1) is 0 Å². The molecule has 120 valence electrons. The molecule has 1 atom stereocenters. The van der Waals surface area contributed by atoms with Gasteiger partial charge in [0.2, 0.25) is 0 Å². The summed E-state index contributed by atoms with van der Waals surface area (Å²) in [6.07, 6.45) is 0.209. The normalized spacial score (nSPS) is 12.0. The van der Waals surface area contributed by atoms with Gasteiger partial charge >= 0.3 is 0 Å². The van der Waals surface area contributed by atoms with Crippen LogP contribution in [0, 0.1) is 11.3 Å². The van der Waals surface area contributed by atoms with Gasteiger partial charge in [-0.3, -0.25) is 4.79 Å². The minimum absolute atomic E-state index is 0.0474. The molecule has 2 rings (SSSR count). The van der Waals surface area contributed by atoms with Gasteiger partial charge in [-0.2, -0.15) is 10.4 Å². The highest BCUT2D eigenvalue weighted by Crippen LogP contribution is 2.23. The van der Waals surface area contributed by atoms with E-state index in [2.05, 4.69) is 5.10 Å². The highest BCUT2D eigenvalue weighted by atomic mass is 35.5. The van der Waals surface area contributed by atoms with E-state index in [4.69, 9.17) is 11.6 Å². The van der Waals surface area contributed by atoms with E-state index in [9.17, 15) is 15.2 Å². The first-order valence-electron chi connectivity index (χ1n) is 7.48. The lowest BCUT2D eigenvalue weighted by Crippen LogP contribution is -2.30. The Morgan fingerprint density at radius 2 is 2.04 bits per heavy atom. The summed E-state index contributed by atoms with van der Waals surface area (Å²) in [5.74, 6) is 0. The highest BCUT2D eigenvalue weighted by molar-refractivity contribution is 6.31. The zero-order valence-electron chi connectivity index (χ0n) is 13.1. The van der Waals surface area contributed by atoms with Crippen molar-refractivity contribution in [1.29, 1.82) is 5.26 Å². The third-order valence-electron chi connectivity index (χ3n) is 3.75. The molecular weight excluding hydrogens is 314 g/mol. The number of benzene rings is 1. The molecule has 2 aromatic rings. The molecule has 1 aromatic carbocycles. The molecule has 1 N–H and O–H groups in total. The molecule has 6 heteroatoms. The van der Waals surface area contributed by atoms with Crippen LogP contribution in [0.5, 0.6) is 0 Å². The molecule has 1 aromatic heterocycles. The molecule has 0 radical (unpaired) electrons. The van der Waals surface area contributed by atoms with Crippen molar-refractivity contribution in [3.63, 3.8) is 0 Å². The van der Waals surface area contributed by atoms with Crippen LogP contribution in [-0.4, -0.2) is 14.9 Å². The van der Waals surface area contributed by atoms with E-state index in [1.54, 1.807) is 24.3 Å². The third kappa shape index (κ3) is 3.44. The van der Waals surface area contributed by atoms with E-state index >= 15 is 0 Å². The summed E-state index contributed by atoms with van der Waals surface area (Å²) in [4.78, 5) is 12.4. The van der Waals surface area contributed by atoms with Crippen LogP contribution in [0.1, 0.15) is 42.3 Å². The lowest BCUT2D eigenvalue weighted by molar-refractivity contribution is 0.149. The molecule has 23 heavy (non-hydrogen) atoms. The maximum Gasteiger partial charge on any atom is 0.285 e. The number of hydrogen-bond donors (Lipinski definition) is 1. The predicted octanol–water partition coefficient (Wildman–Crippen LogP) is 2.63. The molecule has 0 amide bonds. The van der Waals surface area contributed by atoms with Crippen LogP contribution in [0.25, 0.3) is 0 Å². The van der Waals surface area contributed by atoms with Gasteiger partial charge in [0.05, 0.1) is 12.2 Å². The molecule has 0 fully saturated rings. The Labute approximate surface area is 139 Å². The van der Waals surface area contributed by atoms with Gasteiger partial charge in [0.1, 0.15) is 17.7 Å². The summed E-state index contributed by atoms with van der Waals surface area (Å²) in [5.41, 5.74) is 1.54. The Kier molecular flexibility index (Phi) is 5.54. The molecular formula is C17H18ClN3O2. The lowest BCUT2D eigenvalue weighted by atomic mass is 10.0. The number of rotatable bonds is 5. The Morgan fingerprint density at radius 1 is 1.35 bits per heavy atom. The zero-order chi connectivity index (χ0) is 17.0. The minimum Gasteiger partial charge on any atom is -0.386 e. The second kappa shape index (κ2) is 7.40. The van der Waals surface area contributed by atoms with E-state index < -0.39 is 11.7 Å². The van der Waals surface area contributed by atoms with Gasteiger partial charge < -0.3 is 5.11 Å². The maximum absolute atomic E-state index is 12.4. The monoisotopic (exact) mass is 331 g/mol. The number of halogens is 1. The molecule has 0 aliphatic rings. The molecule has 0 unspecified atom stereocenters. The van der Waals surface area contributed by atoms with Gasteiger partial charge in [-0.05, 0) is 24.5 Å². The first-order valence-corrected chi connectivity index (χ1v) is 7.86. The molecule has 0 bridgehead atoms. The van der Waals surface area contributed by atoms with Crippen LogP contribution >= 0.6 is 11.6 Å².